The molecule has 1 unspecified atom stereocenters. The first-order valence-electron chi connectivity index (χ1n) is 6.17. The molecule has 0 aromatic heterocycles. The molecule has 0 saturated carbocycles. The first-order valence-corrected chi connectivity index (χ1v) is 7.08. The highest BCUT2D eigenvalue weighted by Gasteiger charge is 2.11. The summed E-state index contributed by atoms with van der Waals surface area (Å²) in [7, 11) is 1.68. The fraction of sp³-hybridized carbons (Fsp3) is 0.250. The minimum Gasteiger partial charge on any atom is -0.497 e. The number of alkyl halides is 1. The van der Waals surface area contributed by atoms with Crippen LogP contribution in [0, 0.1) is 0 Å². The number of methoxy groups -OCH3 is 1. The summed E-state index contributed by atoms with van der Waals surface area (Å²) < 4.78 is 5.24. The van der Waals surface area contributed by atoms with Gasteiger partial charge in [-0.15, -0.1) is 11.6 Å². The van der Waals surface area contributed by atoms with E-state index in [0.29, 0.717) is 5.88 Å². The quantitative estimate of drug-likeness (QED) is 0.712. The second-order valence-electron chi connectivity index (χ2n) is 4.46. The molecule has 0 aliphatic heterocycles. The van der Waals surface area contributed by atoms with Gasteiger partial charge < -0.3 is 4.74 Å². The lowest BCUT2D eigenvalue weighted by Crippen LogP contribution is -2.04. The predicted molar refractivity (Wildman–Crippen MR) is 81.6 cm³/mol. The minimum absolute atomic E-state index is 0.283. The summed E-state index contributed by atoms with van der Waals surface area (Å²) >= 11 is 12.0. The Balaban J connectivity index is 2.16. The zero-order chi connectivity index (χ0) is 13.7. The standard InChI is InChI=1S/C16H16Cl2O/c1-19-16-4-2-3-12(10-16)9-14(11-17)13-5-7-15(18)8-6-13/h2-8,10,14H,9,11H2,1H3. The highest BCUT2D eigenvalue weighted by atomic mass is 35.5. The molecule has 0 amide bonds. The third-order valence-electron chi connectivity index (χ3n) is 3.14. The number of hydrogen-bond acceptors (Lipinski definition) is 1. The Morgan fingerprint density at radius 3 is 2.47 bits per heavy atom. The lowest BCUT2D eigenvalue weighted by molar-refractivity contribution is 0.414. The highest BCUT2D eigenvalue weighted by Crippen LogP contribution is 2.25. The fourth-order valence-corrected chi connectivity index (χ4v) is 2.49. The van der Waals surface area contributed by atoms with E-state index in [-0.39, 0.29) is 5.92 Å². The summed E-state index contributed by atoms with van der Waals surface area (Å²) in [6.45, 7) is 0. The van der Waals surface area contributed by atoms with Gasteiger partial charge in [-0.2, -0.15) is 0 Å². The van der Waals surface area contributed by atoms with Gasteiger partial charge in [0.15, 0.2) is 0 Å². The van der Waals surface area contributed by atoms with Crippen LogP contribution < -0.4 is 4.74 Å². The van der Waals surface area contributed by atoms with Crippen LogP contribution in [-0.2, 0) is 6.42 Å². The molecule has 0 radical (unpaired) electrons. The zero-order valence-corrected chi connectivity index (χ0v) is 12.3. The van der Waals surface area contributed by atoms with Crippen LogP contribution in [0.2, 0.25) is 5.02 Å². The molecular formula is C16H16Cl2O. The SMILES string of the molecule is COc1cccc(CC(CCl)c2ccc(Cl)cc2)c1. The maximum absolute atomic E-state index is 6.10. The maximum atomic E-state index is 6.10. The van der Waals surface area contributed by atoms with Gasteiger partial charge >= 0.3 is 0 Å². The molecule has 2 rings (SSSR count). The number of rotatable bonds is 5. The molecule has 0 N–H and O–H groups in total. The van der Waals surface area contributed by atoms with Crippen molar-refractivity contribution in [2.24, 2.45) is 0 Å². The van der Waals surface area contributed by atoms with Crippen LogP contribution in [-0.4, -0.2) is 13.0 Å². The van der Waals surface area contributed by atoms with Gasteiger partial charge in [0, 0.05) is 16.8 Å². The third kappa shape index (κ3) is 3.89. The number of benzene rings is 2. The van der Waals surface area contributed by atoms with E-state index in [0.717, 1.165) is 17.2 Å². The Hall–Kier alpha value is -1.18. The van der Waals surface area contributed by atoms with Crippen molar-refractivity contribution in [1.29, 1.82) is 0 Å². The van der Waals surface area contributed by atoms with E-state index in [4.69, 9.17) is 27.9 Å². The van der Waals surface area contributed by atoms with Crippen molar-refractivity contribution < 1.29 is 4.74 Å². The van der Waals surface area contributed by atoms with E-state index in [9.17, 15) is 0 Å². The van der Waals surface area contributed by atoms with E-state index in [2.05, 4.69) is 12.1 Å². The molecule has 0 bridgehead atoms. The Morgan fingerprint density at radius 1 is 1.11 bits per heavy atom. The predicted octanol–water partition coefficient (Wildman–Crippen LogP) is 4.91. The first kappa shape index (κ1) is 14.2. The summed E-state index contributed by atoms with van der Waals surface area (Å²) in [6.07, 6.45) is 0.891. The largest absolute Gasteiger partial charge is 0.497 e. The van der Waals surface area contributed by atoms with Gasteiger partial charge in [-0.1, -0.05) is 35.9 Å². The summed E-state index contributed by atoms with van der Waals surface area (Å²) in [5, 5.41) is 0.749. The van der Waals surface area contributed by atoms with Crippen LogP contribution >= 0.6 is 23.2 Å². The van der Waals surface area contributed by atoms with Crippen LogP contribution in [0.1, 0.15) is 17.0 Å². The smallest absolute Gasteiger partial charge is 0.119 e. The molecule has 0 spiro atoms. The van der Waals surface area contributed by atoms with Crippen molar-refractivity contribution in [3.8, 4) is 5.75 Å². The second-order valence-corrected chi connectivity index (χ2v) is 5.20. The molecule has 0 aliphatic rings. The molecule has 2 aromatic rings. The normalized spacial score (nSPS) is 12.2. The van der Waals surface area contributed by atoms with E-state index in [1.165, 1.54) is 11.1 Å². The van der Waals surface area contributed by atoms with Crippen LogP contribution in [0.15, 0.2) is 48.5 Å². The summed E-state index contributed by atoms with van der Waals surface area (Å²) in [5.74, 6) is 1.74. The monoisotopic (exact) mass is 294 g/mol. The van der Waals surface area contributed by atoms with Crippen molar-refractivity contribution in [2.75, 3.05) is 13.0 Å². The molecule has 0 aliphatic carbocycles. The van der Waals surface area contributed by atoms with Gasteiger partial charge in [-0.3, -0.25) is 0 Å². The van der Waals surface area contributed by atoms with Gasteiger partial charge in [-0.25, -0.2) is 0 Å². The van der Waals surface area contributed by atoms with Gasteiger partial charge in [0.1, 0.15) is 5.75 Å². The molecule has 0 fully saturated rings. The molecular weight excluding hydrogens is 279 g/mol. The van der Waals surface area contributed by atoms with Crippen LogP contribution in [0.25, 0.3) is 0 Å². The Labute approximate surface area is 124 Å². The zero-order valence-electron chi connectivity index (χ0n) is 10.8. The topological polar surface area (TPSA) is 9.23 Å². The molecule has 1 atom stereocenters. The molecule has 100 valence electrons. The first-order chi connectivity index (χ1) is 9.22. The second kappa shape index (κ2) is 6.83. The van der Waals surface area contributed by atoms with Gasteiger partial charge in [0.05, 0.1) is 7.11 Å². The highest BCUT2D eigenvalue weighted by molar-refractivity contribution is 6.30. The molecule has 0 saturated heterocycles. The molecule has 3 heteroatoms. The Kier molecular flexibility index (Phi) is 5.12. The van der Waals surface area contributed by atoms with E-state index < -0.39 is 0 Å². The van der Waals surface area contributed by atoms with Crippen molar-refractivity contribution in [3.63, 3.8) is 0 Å². The number of hydrogen-bond donors (Lipinski definition) is 0. The van der Waals surface area contributed by atoms with Gasteiger partial charge in [0.2, 0.25) is 0 Å². The molecule has 0 heterocycles. The molecule has 2 aromatic carbocycles. The summed E-state index contributed by atoms with van der Waals surface area (Å²) in [5.41, 5.74) is 2.43. The summed E-state index contributed by atoms with van der Waals surface area (Å²) in [4.78, 5) is 0. The van der Waals surface area contributed by atoms with E-state index in [1.807, 2.05) is 36.4 Å². The van der Waals surface area contributed by atoms with Crippen molar-refractivity contribution in [1.82, 2.24) is 0 Å². The van der Waals surface area contributed by atoms with E-state index in [1.54, 1.807) is 7.11 Å². The number of ether oxygens (including phenoxy) is 1. The fourth-order valence-electron chi connectivity index (χ4n) is 2.08. The molecule has 1 nitrogen and oxygen atoms in total. The lowest BCUT2D eigenvalue weighted by atomic mass is 9.93. The average molecular weight is 295 g/mol. The van der Waals surface area contributed by atoms with Gasteiger partial charge in [-0.05, 0) is 41.8 Å². The Bertz CT molecular complexity index is 523. The third-order valence-corrected chi connectivity index (χ3v) is 3.77. The van der Waals surface area contributed by atoms with Crippen LogP contribution in [0.4, 0.5) is 0 Å². The van der Waals surface area contributed by atoms with E-state index >= 15 is 0 Å². The van der Waals surface area contributed by atoms with Crippen LogP contribution in [0.5, 0.6) is 5.75 Å². The van der Waals surface area contributed by atoms with Gasteiger partial charge in [0.25, 0.3) is 0 Å². The van der Waals surface area contributed by atoms with Crippen molar-refractivity contribution in [3.05, 3.63) is 64.7 Å². The maximum Gasteiger partial charge on any atom is 0.119 e. The average Bonchev–Trinajstić information content (AvgIpc) is 2.46. The van der Waals surface area contributed by atoms with Crippen LogP contribution in [0.3, 0.4) is 0 Å². The molecule has 19 heavy (non-hydrogen) atoms. The number of halogens is 2. The van der Waals surface area contributed by atoms with Crippen molar-refractivity contribution in [2.45, 2.75) is 12.3 Å². The Morgan fingerprint density at radius 2 is 1.84 bits per heavy atom. The van der Waals surface area contributed by atoms with Crippen molar-refractivity contribution >= 4 is 23.2 Å². The summed E-state index contributed by atoms with van der Waals surface area (Å²) in [6, 6.07) is 16.0. The lowest BCUT2D eigenvalue weighted by Gasteiger charge is -2.15. The minimum atomic E-state index is 0.283.